The first kappa shape index (κ1) is 18.3. The predicted octanol–water partition coefficient (Wildman–Crippen LogP) is 6.16. The van der Waals surface area contributed by atoms with Crippen molar-refractivity contribution in [1.82, 2.24) is 0 Å². The van der Waals surface area contributed by atoms with E-state index in [2.05, 4.69) is 0 Å². The fraction of sp³-hybridized carbons (Fsp3) is 0.100. The highest BCUT2D eigenvalue weighted by Gasteiger charge is 2.31. The third kappa shape index (κ3) is 4.36. The first-order valence-electron chi connectivity index (χ1n) is 7.60. The minimum atomic E-state index is -1.23. The zero-order valence-corrected chi connectivity index (χ0v) is 15.5. The maximum Gasteiger partial charge on any atom is 0.124 e. The highest BCUT2D eigenvalue weighted by atomic mass is 35.5. The molecule has 25 heavy (non-hydrogen) atoms. The largest absolute Gasteiger partial charge is 0.380 e. The number of hydrogen-bond donors (Lipinski definition) is 1. The van der Waals surface area contributed by atoms with Crippen molar-refractivity contribution >= 4 is 35.0 Å². The van der Waals surface area contributed by atoms with E-state index in [1.165, 1.54) is 23.9 Å². The van der Waals surface area contributed by atoms with Crippen molar-refractivity contribution in [3.63, 3.8) is 0 Å². The molecule has 0 amide bonds. The van der Waals surface area contributed by atoms with Gasteiger partial charge in [0.2, 0.25) is 0 Å². The van der Waals surface area contributed by atoms with Gasteiger partial charge in [-0.2, -0.15) is 0 Å². The van der Waals surface area contributed by atoms with E-state index in [1.807, 2.05) is 24.3 Å². The number of thioether (sulfide) groups is 1. The Morgan fingerprint density at radius 1 is 0.760 bits per heavy atom. The van der Waals surface area contributed by atoms with Gasteiger partial charge in [0.25, 0.3) is 0 Å². The van der Waals surface area contributed by atoms with Crippen LogP contribution in [0.4, 0.5) is 4.39 Å². The van der Waals surface area contributed by atoms with Gasteiger partial charge in [0.1, 0.15) is 11.4 Å². The van der Waals surface area contributed by atoms with Crippen LogP contribution in [0, 0.1) is 5.82 Å². The molecule has 0 aromatic heterocycles. The van der Waals surface area contributed by atoms with Crippen molar-refractivity contribution in [1.29, 1.82) is 0 Å². The standard InChI is InChI=1S/C20H15Cl2FOS/c21-16-5-1-14(2-6-16)20(24,15-3-7-17(22)8-4-15)13-25-19-11-9-18(23)10-12-19/h1-12,24H,13H2. The van der Waals surface area contributed by atoms with Crippen LogP contribution < -0.4 is 0 Å². The van der Waals surface area contributed by atoms with E-state index in [1.54, 1.807) is 36.4 Å². The minimum absolute atomic E-state index is 0.282. The van der Waals surface area contributed by atoms with E-state index in [4.69, 9.17) is 23.2 Å². The molecule has 0 radical (unpaired) electrons. The molecule has 128 valence electrons. The van der Waals surface area contributed by atoms with Crippen LogP contribution in [-0.4, -0.2) is 10.9 Å². The van der Waals surface area contributed by atoms with E-state index in [0.717, 1.165) is 16.0 Å². The molecule has 0 unspecified atom stereocenters. The van der Waals surface area contributed by atoms with Crippen molar-refractivity contribution in [2.45, 2.75) is 10.5 Å². The minimum Gasteiger partial charge on any atom is -0.380 e. The van der Waals surface area contributed by atoms with Gasteiger partial charge in [-0.15, -0.1) is 11.8 Å². The van der Waals surface area contributed by atoms with Gasteiger partial charge in [-0.05, 0) is 59.7 Å². The Labute approximate surface area is 160 Å². The number of hydrogen-bond acceptors (Lipinski definition) is 2. The second-order valence-electron chi connectivity index (χ2n) is 5.62. The summed E-state index contributed by atoms with van der Waals surface area (Å²) in [5.74, 6) is 0.0806. The van der Waals surface area contributed by atoms with Crippen LogP contribution in [0.25, 0.3) is 0 Å². The summed E-state index contributed by atoms with van der Waals surface area (Å²) in [6.45, 7) is 0. The maximum absolute atomic E-state index is 13.1. The fourth-order valence-electron chi connectivity index (χ4n) is 2.50. The first-order chi connectivity index (χ1) is 12.0. The van der Waals surface area contributed by atoms with Crippen LogP contribution in [0.1, 0.15) is 11.1 Å². The highest BCUT2D eigenvalue weighted by molar-refractivity contribution is 7.99. The molecule has 0 bridgehead atoms. The molecule has 3 aromatic rings. The lowest BCUT2D eigenvalue weighted by atomic mass is 9.88. The lowest BCUT2D eigenvalue weighted by molar-refractivity contribution is 0.107. The van der Waals surface area contributed by atoms with Crippen LogP contribution in [0.2, 0.25) is 10.0 Å². The van der Waals surface area contributed by atoms with E-state index < -0.39 is 5.60 Å². The molecule has 3 rings (SSSR count). The van der Waals surface area contributed by atoms with Crippen LogP contribution in [-0.2, 0) is 5.60 Å². The van der Waals surface area contributed by atoms with E-state index >= 15 is 0 Å². The zero-order valence-electron chi connectivity index (χ0n) is 13.1. The molecule has 5 heteroatoms. The Morgan fingerprint density at radius 2 is 1.20 bits per heavy atom. The number of rotatable bonds is 5. The van der Waals surface area contributed by atoms with Gasteiger partial charge in [0, 0.05) is 20.7 Å². The first-order valence-corrected chi connectivity index (χ1v) is 9.34. The zero-order chi connectivity index (χ0) is 17.9. The SMILES string of the molecule is OC(CSc1ccc(F)cc1)(c1ccc(Cl)cc1)c1ccc(Cl)cc1. The van der Waals surface area contributed by atoms with Gasteiger partial charge < -0.3 is 5.11 Å². The average molecular weight is 393 g/mol. The topological polar surface area (TPSA) is 20.2 Å². The Kier molecular flexibility index (Phi) is 5.70. The summed E-state index contributed by atoms with van der Waals surface area (Å²) >= 11 is 13.4. The molecule has 0 aliphatic carbocycles. The number of aliphatic hydroxyl groups is 1. The molecule has 0 fully saturated rings. The Hall–Kier alpha value is -1.52. The van der Waals surface area contributed by atoms with E-state index in [-0.39, 0.29) is 5.82 Å². The number of halogens is 3. The second kappa shape index (κ2) is 7.79. The van der Waals surface area contributed by atoms with Crippen molar-refractivity contribution < 1.29 is 9.50 Å². The van der Waals surface area contributed by atoms with Crippen molar-refractivity contribution in [3.05, 3.63) is 99.8 Å². The Morgan fingerprint density at radius 3 is 1.64 bits per heavy atom. The van der Waals surface area contributed by atoms with E-state index in [9.17, 15) is 9.50 Å². The molecule has 1 N–H and O–H groups in total. The average Bonchev–Trinajstić information content (AvgIpc) is 2.62. The summed E-state index contributed by atoms with van der Waals surface area (Å²) in [4.78, 5) is 0.878. The molecule has 0 aliphatic rings. The lowest BCUT2D eigenvalue weighted by Crippen LogP contribution is -2.30. The molecular formula is C20H15Cl2FOS. The quantitative estimate of drug-likeness (QED) is 0.524. The molecule has 0 spiro atoms. The second-order valence-corrected chi connectivity index (χ2v) is 7.54. The Bertz CT molecular complexity index is 788. The molecular weight excluding hydrogens is 378 g/mol. The van der Waals surface area contributed by atoms with Gasteiger partial charge >= 0.3 is 0 Å². The van der Waals surface area contributed by atoms with Gasteiger partial charge in [0.15, 0.2) is 0 Å². The highest BCUT2D eigenvalue weighted by Crippen LogP contribution is 2.36. The van der Waals surface area contributed by atoms with Crippen LogP contribution in [0.3, 0.4) is 0 Å². The van der Waals surface area contributed by atoms with Crippen LogP contribution in [0.5, 0.6) is 0 Å². The summed E-state index contributed by atoms with van der Waals surface area (Å²) in [6, 6.07) is 20.4. The fourth-order valence-corrected chi connectivity index (χ4v) is 3.79. The van der Waals surface area contributed by atoms with E-state index in [0.29, 0.717) is 15.8 Å². The van der Waals surface area contributed by atoms with Crippen LogP contribution >= 0.6 is 35.0 Å². The molecule has 0 heterocycles. The van der Waals surface area contributed by atoms with Gasteiger partial charge in [0.05, 0.1) is 0 Å². The lowest BCUT2D eigenvalue weighted by Gasteiger charge is -2.29. The van der Waals surface area contributed by atoms with Gasteiger partial charge in [-0.3, -0.25) is 0 Å². The molecule has 3 aromatic carbocycles. The normalized spacial score (nSPS) is 11.5. The third-order valence-electron chi connectivity index (χ3n) is 3.90. The molecule has 1 nitrogen and oxygen atoms in total. The molecule has 0 saturated heterocycles. The monoisotopic (exact) mass is 392 g/mol. The smallest absolute Gasteiger partial charge is 0.124 e. The summed E-state index contributed by atoms with van der Waals surface area (Å²) in [7, 11) is 0. The molecule has 0 aliphatic heterocycles. The molecule has 0 atom stereocenters. The van der Waals surface area contributed by atoms with Gasteiger partial charge in [-0.1, -0.05) is 47.5 Å². The summed E-state index contributed by atoms with van der Waals surface area (Å²) in [5.41, 5.74) is 0.233. The maximum atomic E-state index is 13.1. The van der Waals surface area contributed by atoms with Crippen LogP contribution in [0.15, 0.2) is 77.7 Å². The van der Waals surface area contributed by atoms with Crippen molar-refractivity contribution in [2.24, 2.45) is 0 Å². The third-order valence-corrected chi connectivity index (χ3v) is 5.58. The van der Waals surface area contributed by atoms with Crippen molar-refractivity contribution in [2.75, 3.05) is 5.75 Å². The Balaban J connectivity index is 1.94. The summed E-state index contributed by atoms with van der Waals surface area (Å²) in [6.07, 6.45) is 0. The summed E-state index contributed by atoms with van der Waals surface area (Å²) in [5, 5.41) is 12.7. The van der Waals surface area contributed by atoms with Crippen molar-refractivity contribution in [3.8, 4) is 0 Å². The molecule has 0 saturated carbocycles. The predicted molar refractivity (Wildman–Crippen MR) is 103 cm³/mol. The number of benzene rings is 3. The summed E-state index contributed by atoms with van der Waals surface area (Å²) < 4.78 is 13.1. The van der Waals surface area contributed by atoms with Gasteiger partial charge in [-0.25, -0.2) is 4.39 Å².